The predicted molar refractivity (Wildman–Crippen MR) is 146 cm³/mol. The number of nitrogens with zero attached hydrogens (tertiary/aromatic N) is 3. The van der Waals surface area contributed by atoms with Crippen molar-refractivity contribution >= 4 is 77.4 Å². The molecular formula is C22H16BrF4N5O6S3. The summed E-state index contributed by atoms with van der Waals surface area (Å²) in [5.41, 5.74) is 6.24. The molecule has 2 aromatic heterocycles. The van der Waals surface area contributed by atoms with Crippen molar-refractivity contribution in [3.63, 3.8) is 0 Å². The number of nitrogens with two attached hydrogens (primary N) is 1. The monoisotopic (exact) mass is 697 g/mol. The molecule has 2 heterocycles. The number of carboxylic acids is 1. The van der Waals surface area contributed by atoms with E-state index in [0.717, 1.165) is 29.5 Å². The number of non-ortho nitro benzene ring substituents is 1. The van der Waals surface area contributed by atoms with Crippen molar-refractivity contribution in [3.05, 3.63) is 73.6 Å². The maximum atomic E-state index is 14.3. The molecule has 0 aliphatic carbocycles. The van der Waals surface area contributed by atoms with Gasteiger partial charge in [0.1, 0.15) is 11.7 Å². The Morgan fingerprint density at radius 3 is 2.46 bits per heavy atom. The van der Waals surface area contributed by atoms with E-state index in [1.807, 2.05) is 0 Å². The Hall–Kier alpha value is -3.55. The number of amidine groups is 1. The Morgan fingerprint density at radius 2 is 1.93 bits per heavy atom. The number of carboxylic acid groups (broad SMARTS) is 1. The summed E-state index contributed by atoms with van der Waals surface area (Å²) in [4.78, 5) is 24.0. The number of hydrogen-bond acceptors (Lipinski definition) is 9. The van der Waals surface area contributed by atoms with Gasteiger partial charge in [0, 0.05) is 22.2 Å². The largest absolute Gasteiger partial charge is 0.490 e. The number of sulfone groups is 1. The third kappa shape index (κ3) is 7.03. The maximum absolute atomic E-state index is 14.3. The molecule has 0 amide bonds. The number of alkyl halides is 3. The number of rotatable bonds is 7. The van der Waals surface area contributed by atoms with E-state index >= 15 is 0 Å². The summed E-state index contributed by atoms with van der Waals surface area (Å²) >= 11 is 5.76. The highest BCUT2D eigenvalue weighted by Gasteiger charge is 2.38. The Kier molecular flexibility index (Phi) is 9.46. The highest BCUT2D eigenvalue weighted by atomic mass is 79.9. The van der Waals surface area contributed by atoms with E-state index in [0.29, 0.717) is 24.6 Å². The van der Waals surface area contributed by atoms with Crippen LogP contribution in [-0.4, -0.2) is 52.2 Å². The van der Waals surface area contributed by atoms with Crippen LogP contribution in [0.5, 0.6) is 0 Å². The van der Waals surface area contributed by atoms with E-state index < -0.39 is 32.7 Å². The van der Waals surface area contributed by atoms with E-state index in [1.165, 1.54) is 36.3 Å². The molecule has 0 fully saturated rings. The van der Waals surface area contributed by atoms with Crippen LogP contribution < -0.4 is 5.73 Å². The van der Waals surface area contributed by atoms with Gasteiger partial charge in [-0.25, -0.2) is 22.6 Å². The van der Waals surface area contributed by atoms with Crippen molar-refractivity contribution in [1.29, 1.82) is 5.41 Å². The lowest BCUT2D eigenvalue weighted by Crippen LogP contribution is -2.21. The van der Waals surface area contributed by atoms with Gasteiger partial charge in [0.2, 0.25) is 9.84 Å². The summed E-state index contributed by atoms with van der Waals surface area (Å²) < 4.78 is 75.3. The molecule has 0 spiro atoms. The van der Waals surface area contributed by atoms with Crippen LogP contribution in [-0.2, 0) is 21.2 Å². The van der Waals surface area contributed by atoms with E-state index in [9.17, 15) is 36.1 Å². The van der Waals surface area contributed by atoms with Crippen molar-refractivity contribution in [2.24, 2.45) is 5.73 Å². The molecule has 0 saturated carbocycles. The smallest absolute Gasteiger partial charge is 0.475 e. The molecule has 4 rings (SSSR count). The zero-order valence-corrected chi connectivity index (χ0v) is 24.3. The van der Waals surface area contributed by atoms with Crippen LogP contribution in [0.2, 0.25) is 0 Å². The van der Waals surface area contributed by atoms with Crippen molar-refractivity contribution in [2.45, 2.75) is 26.7 Å². The van der Waals surface area contributed by atoms with E-state index in [2.05, 4.69) is 20.9 Å². The number of nitro benzene ring substituents is 1. The zero-order valence-electron chi connectivity index (χ0n) is 20.3. The second kappa shape index (κ2) is 12.1. The Bertz CT molecular complexity index is 1790. The number of fused-ring (bicyclic) bond motifs is 1. The van der Waals surface area contributed by atoms with E-state index in [1.54, 1.807) is 10.8 Å². The molecule has 2 aromatic carbocycles. The van der Waals surface area contributed by atoms with Crippen molar-refractivity contribution in [1.82, 2.24) is 9.55 Å². The highest BCUT2D eigenvalue weighted by molar-refractivity contribution is 9.10. The van der Waals surface area contributed by atoms with Gasteiger partial charge in [0.25, 0.3) is 5.69 Å². The summed E-state index contributed by atoms with van der Waals surface area (Å²) in [5, 5.41) is 25.8. The predicted octanol–water partition coefficient (Wildman–Crippen LogP) is 5.43. The second-order valence-corrected chi connectivity index (χ2v) is 12.8. The Balaban J connectivity index is 0.000000587. The standard InChI is InChI=1S/C20H15BrFN5O4S3.C2HF3O2/c1-32-20-17(7-16(33-20)19(23)24)34(30,31)12-5-13(21)18-15(6-12)25-9-26(18)8-10-4-11(27(28)29)2-3-14(10)22;3-2(4,5)1(6)7/h2-7,9H,8H2,1H3,(H3,23,24);(H,6,7). The lowest BCUT2D eigenvalue weighted by Gasteiger charge is -2.09. The first-order valence-corrected chi connectivity index (χ1v) is 14.9. The molecule has 4 N–H and O–H groups in total. The number of nitrogens with one attached hydrogen (secondary N) is 1. The molecular weight excluding hydrogens is 682 g/mol. The van der Waals surface area contributed by atoms with Crippen LogP contribution >= 0.6 is 39.0 Å². The zero-order chi connectivity index (χ0) is 30.9. The lowest BCUT2D eigenvalue weighted by molar-refractivity contribution is -0.385. The van der Waals surface area contributed by atoms with Crippen LogP contribution in [0.3, 0.4) is 0 Å². The number of halogens is 5. The number of benzene rings is 2. The third-order valence-corrected chi connectivity index (χ3v) is 10.1. The summed E-state index contributed by atoms with van der Waals surface area (Å²) in [6, 6.07) is 7.49. The van der Waals surface area contributed by atoms with Crippen LogP contribution in [0.15, 0.2) is 61.2 Å². The molecule has 0 unspecified atom stereocenters. The summed E-state index contributed by atoms with van der Waals surface area (Å²) in [5.74, 6) is -3.58. The Labute approximate surface area is 244 Å². The number of hydrogen-bond donors (Lipinski definition) is 3. The second-order valence-electron chi connectivity index (χ2n) is 7.86. The van der Waals surface area contributed by atoms with Gasteiger partial charge in [-0.15, -0.1) is 23.1 Å². The molecule has 4 aromatic rings. The minimum Gasteiger partial charge on any atom is -0.475 e. The SMILES string of the molecule is CSc1sc(C(=N)N)cc1S(=O)(=O)c1cc(Br)c2c(c1)ncn2Cc1cc([N+](=O)[O-])ccc1F.O=C(O)C(F)(F)F. The van der Waals surface area contributed by atoms with Gasteiger partial charge < -0.3 is 15.4 Å². The topological polar surface area (TPSA) is 182 Å². The van der Waals surface area contributed by atoms with Gasteiger partial charge in [-0.3, -0.25) is 15.5 Å². The number of thioether (sulfide) groups is 1. The molecule has 0 aliphatic rings. The summed E-state index contributed by atoms with van der Waals surface area (Å²) in [6.45, 7) is -0.0438. The first-order chi connectivity index (χ1) is 19.0. The van der Waals surface area contributed by atoms with Crippen molar-refractivity contribution in [2.75, 3.05) is 6.26 Å². The molecule has 0 aliphatic heterocycles. The van der Waals surface area contributed by atoms with Gasteiger partial charge in [0.15, 0.2) is 0 Å². The molecule has 218 valence electrons. The van der Waals surface area contributed by atoms with Gasteiger partial charge in [-0.2, -0.15) is 13.2 Å². The molecule has 0 saturated heterocycles. The molecule has 19 heteroatoms. The molecule has 11 nitrogen and oxygen atoms in total. The number of nitro groups is 1. The number of thiophene rings is 1. The van der Waals surface area contributed by atoms with Crippen LogP contribution in [0.4, 0.5) is 23.2 Å². The number of aliphatic carboxylic acids is 1. The van der Waals surface area contributed by atoms with Gasteiger partial charge in [-0.1, -0.05) is 0 Å². The molecule has 0 radical (unpaired) electrons. The van der Waals surface area contributed by atoms with E-state index in [-0.39, 0.29) is 33.4 Å². The normalized spacial score (nSPS) is 11.7. The summed E-state index contributed by atoms with van der Waals surface area (Å²) in [6.07, 6.45) is -1.93. The fraction of sp³-hybridized carbons (Fsp3) is 0.136. The molecule has 41 heavy (non-hydrogen) atoms. The first-order valence-electron chi connectivity index (χ1n) is 10.6. The molecule has 0 atom stereocenters. The Morgan fingerprint density at radius 1 is 1.29 bits per heavy atom. The number of aromatic nitrogens is 2. The lowest BCUT2D eigenvalue weighted by atomic mass is 10.2. The average molecular weight is 698 g/mol. The molecule has 0 bridgehead atoms. The van der Waals surface area contributed by atoms with Gasteiger partial charge in [-0.05, 0) is 46.5 Å². The van der Waals surface area contributed by atoms with Crippen LogP contribution in [0.1, 0.15) is 10.4 Å². The fourth-order valence-electron chi connectivity index (χ4n) is 3.33. The number of nitrogen functional groups attached to an aromatic ring is 1. The van der Waals surface area contributed by atoms with Gasteiger partial charge in [0.05, 0.1) is 47.7 Å². The van der Waals surface area contributed by atoms with Crippen LogP contribution in [0, 0.1) is 21.3 Å². The highest BCUT2D eigenvalue weighted by Crippen LogP contribution is 2.38. The average Bonchev–Trinajstić information content (AvgIpc) is 3.50. The minimum atomic E-state index is -5.08. The van der Waals surface area contributed by atoms with E-state index in [4.69, 9.17) is 21.0 Å². The summed E-state index contributed by atoms with van der Waals surface area (Å²) in [7, 11) is -3.96. The van der Waals surface area contributed by atoms with Crippen molar-refractivity contribution in [3.8, 4) is 0 Å². The number of carbonyl (C=O) groups is 1. The number of imidazole rings is 1. The van der Waals surface area contributed by atoms with Gasteiger partial charge >= 0.3 is 12.1 Å². The minimum absolute atomic E-state index is 0.0122. The maximum Gasteiger partial charge on any atom is 0.490 e. The third-order valence-electron chi connectivity index (χ3n) is 5.18. The van der Waals surface area contributed by atoms with Crippen LogP contribution in [0.25, 0.3) is 11.0 Å². The van der Waals surface area contributed by atoms with Crippen molar-refractivity contribution < 1.29 is 40.8 Å². The quantitative estimate of drug-likeness (QED) is 0.0566. The fourth-order valence-corrected chi connectivity index (χ4v) is 8.07. The first kappa shape index (κ1) is 32.0.